The fraction of sp³-hybridized carbons (Fsp3) is 0.333. The van der Waals surface area contributed by atoms with E-state index in [4.69, 9.17) is 4.74 Å². The highest BCUT2D eigenvalue weighted by Gasteiger charge is 2.25. The molecule has 0 saturated carbocycles. The van der Waals surface area contributed by atoms with Gasteiger partial charge in [0.2, 0.25) is 0 Å². The van der Waals surface area contributed by atoms with Crippen LogP contribution in [0.2, 0.25) is 0 Å². The third-order valence-corrected chi connectivity index (χ3v) is 2.62. The van der Waals surface area contributed by atoms with Crippen LogP contribution >= 0.6 is 0 Å². The Kier molecular flexibility index (Phi) is 5.39. The maximum Gasteiger partial charge on any atom is 0.330 e. The number of nitro benzene ring substituents is 1. The van der Waals surface area contributed by atoms with Crippen LogP contribution in [0.1, 0.15) is 26.3 Å². The first kappa shape index (κ1) is 17.4. The SMILES string of the molecule is COC(=O)C=Cc1ccc([N+](=O)[O-])cc1OC(=O)C(C)(C)C. The molecule has 1 rings (SSSR count). The van der Waals surface area contributed by atoms with Crippen LogP contribution in [-0.4, -0.2) is 24.0 Å². The van der Waals surface area contributed by atoms with Crippen LogP contribution in [0.25, 0.3) is 6.08 Å². The minimum Gasteiger partial charge on any atom is -0.466 e. The lowest BCUT2D eigenvalue weighted by molar-refractivity contribution is -0.384. The molecule has 0 aromatic heterocycles. The minimum atomic E-state index is -0.770. The summed E-state index contributed by atoms with van der Waals surface area (Å²) in [4.78, 5) is 33.3. The number of benzene rings is 1. The van der Waals surface area contributed by atoms with Gasteiger partial charge in [-0.25, -0.2) is 4.79 Å². The van der Waals surface area contributed by atoms with Crippen molar-refractivity contribution in [3.63, 3.8) is 0 Å². The van der Waals surface area contributed by atoms with Gasteiger partial charge >= 0.3 is 11.9 Å². The molecule has 0 saturated heterocycles. The van der Waals surface area contributed by atoms with E-state index in [1.807, 2.05) is 0 Å². The number of carbonyl (C=O) groups excluding carboxylic acids is 2. The average Bonchev–Trinajstić information content (AvgIpc) is 2.44. The van der Waals surface area contributed by atoms with Gasteiger partial charge < -0.3 is 9.47 Å². The van der Waals surface area contributed by atoms with Crippen molar-refractivity contribution in [2.75, 3.05) is 7.11 Å². The number of esters is 2. The standard InChI is InChI=1S/C15H17NO6/c1-15(2,3)14(18)22-12-9-11(16(19)20)7-5-10(12)6-8-13(17)21-4/h5-9H,1-4H3. The van der Waals surface area contributed by atoms with Crippen LogP contribution in [0.4, 0.5) is 5.69 Å². The second-order valence-corrected chi connectivity index (χ2v) is 5.48. The highest BCUT2D eigenvalue weighted by atomic mass is 16.6. The van der Waals surface area contributed by atoms with Crippen LogP contribution in [0, 0.1) is 15.5 Å². The number of hydrogen-bond acceptors (Lipinski definition) is 6. The van der Waals surface area contributed by atoms with Gasteiger partial charge in [-0.1, -0.05) is 0 Å². The molecule has 118 valence electrons. The number of non-ortho nitro benzene ring substituents is 1. The second-order valence-electron chi connectivity index (χ2n) is 5.48. The molecule has 0 aliphatic carbocycles. The minimum absolute atomic E-state index is 0.00859. The summed E-state index contributed by atoms with van der Waals surface area (Å²) >= 11 is 0. The van der Waals surface area contributed by atoms with Gasteiger partial charge in [0.25, 0.3) is 5.69 Å². The first-order valence-electron chi connectivity index (χ1n) is 6.42. The Morgan fingerprint density at radius 1 is 1.27 bits per heavy atom. The van der Waals surface area contributed by atoms with Crippen molar-refractivity contribution >= 4 is 23.7 Å². The van der Waals surface area contributed by atoms with Gasteiger partial charge in [-0.05, 0) is 32.9 Å². The summed E-state index contributed by atoms with van der Waals surface area (Å²) in [5.74, 6) is -1.12. The number of methoxy groups -OCH3 is 1. The van der Waals surface area contributed by atoms with E-state index in [9.17, 15) is 19.7 Å². The monoisotopic (exact) mass is 307 g/mol. The molecule has 0 unspecified atom stereocenters. The Morgan fingerprint density at radius 3 is 2.41 bits per heavy atom. The third kappa shape index (κ3) is 4.69. The molecule has 1 aromatic carbocycles. The van der Waals surface area contributed by atoms with Gasteiger partial charge in [0.05, 0.1) is 23.5 Å². The molecular formula is C15H17NO6. The maximum absolute atomic E-state index is 12.0. The Labute approximate surface area is 127 Å². The molecule has 7 nitrogen and oxygen atoms in total. The molecule has 7 heteroatoms. The van der Waals surface area contributed by atoms with Crippen molar-refractivity contribution < 1.29 is 24.0 Å². The molecule has 0 N–H and O–H groups in total. The van der Waals surface area contributed by atoms with E-state index in [2.05, 4.69) is 4.74 Å². The summed E-state index contributed by atoms with van der Waals surface area (Å²) in [5, 5.41) is 10.8. The summed E-state index contributed by atoms with van der Waals surface area (Å²) in [6.45, 7) is 4.99. The zero-order valence-corrected chi connectivity index (χ0v) is 12.8. The summed E-state index contributed by atoms with van der Waals surface area (Å²) < 4.78 is 9.69. The normalized spacial score (nSPS) is 11.3. The molecule has 22 heavy (non-hydrogen) atoms. The molecule has 0 aliphatic heterocycles. The third-order valence-electron chi connectivity index (χ3n) is 2.62. The van der Waals surface area contributed by atoms with Crippen molar-refractivity contribution in [1.82, 2.24) is 0 Å². The van der Waals surface area contributed by atoms with E-state index in [-0.39, 0.29) is 11.4 Å². The highest BCUT2D eigenvalue weighted by Crippen LogP contribution is 2.28. The van der Waals surface area contributed by atoms with Gasteiger partial charge in [-0.2, -0.15) is 0 Å². The Balaban J connectivity index is 3.21. The summed E-state index contributed by atoms with van der Waals surface area (Å²) in [6, 6.07) is 3.79. The van der Waals surface area contributed by atoms with Crippen molar-refractivity contribution in [2.45, 2.75) is 20.8 Å². The van der Waals surface area contributed by atoms with Crippen LogP contribution in [0.15, 0.2) is 24.3 Å². The van der Waals surface area contributed by atoms with Crippen molar-refractivity contribution in [2.24, 2.45) is 5.41 Å². The molecule has 0 heterocycles. The Morgan fingerprint density at radius 2 is 1.91 bits per heavy atom. The topological polar surface area (TPSA) is 95.7 Å². The molecule has 1 aromatic rings. The Bertz CT molecular complexity index is 627. The van der Waals surface area contributed by atoms with Crippen LogP contribution < -0.4 is 4.74 Å². The smallest absolute Gasteiger partial charge is 0.330 e. The molecule has 0 radical (unpaired) electrons. The molecule has 0 aliphatic rings. The predicted octanol–water partition coefficient (Wildman–Crippen LogP) is 2.73. The maximum atomic E-state index is 12.0. The molecule has 0 spiro atoms. The van der Waals surface area contributed by atoms with Crippen LogP contribution in [-0.2, 0) is 14.3 Å². The van der Waals surface area contributed by atoms with Gasteiger partial charge in [0.15, 0.2) is 0 Å². The summed E-state index contributed by atoms with van der Waals surface area (Å²) in [7, 11) is 1.23. The number of hydrogen-bond donors (Lipinski definition) is 0. The zero-order chi connectivity index (χ0) is 16.9. The molecular weight excluding hydrogens is 290 g/mol. The molecule has 0 amide bonds. The highest BCUT2D eigenvalue weighted by molar-refractivity contribution is 5.88. The van der Waals surface area contributed by atoms with Gasteiger partial charge in [0, 0.05) is 17.7 Å². The lowest BCUT2D eigenvalue weighted by Crippen LogP contribution is -2.25. The van der Waals surface area contributed by atoms with E-state index >= 15 is 0 Å². The fourth-order valence-corrected chi connectivity index (χ4v) is 1.34. The fourth-order valence-electron chi connectivity index (χ4n) is 1.34. The molecule has 0 fully saturated rings. The number of carbonyl (C=O) groups is 2. The van der Waals surface area contributed by atoms with E-state index in [1.54, 1.807) is 20.8 Å². The predicted molar refractivity (Wildman–Crippen MR) is 79.2 cm³/mol. The zero-order valence-electron chi connectivity index (χ0n) is 12.8. The van der Waals surface area contributed by atoms with Crippen LogP contribution in [0.5, 0.6) is 5.75 Å². The quantitative estimate of drug-likeness (QED) is 0.279. The van der Waals surface area contributed by atoms with Gasteiger partial charge in [-0.3, -0.25) is 14.9 Å². The van der Waals surface area contributed by atoms with E-state index in [1.165, 1.54) is 25.3 Å². The number of ether oxygens (including phenoxy) is 2. The largest absolute Gasteiger partial charge is 0.466 e. The van der Waals surface area contributed by atoms with Crippen molar-refractivity contribution in [3.05, 3.63) is 40.0 Å². The Hall–Kier alpha value is -2.70. The first-order valence-corrected chi connectivity index (χ1v) is 6.42. The van der Waals surface area contributed by atoms with Gasteiger partial charge in [-0.15, -0.1) is 0 Å². The van der Waals surface area contributed by atoms with Crippen molar-refractivity contribution in [3.8, 4) is 5.75 Å². The molecule has 0 atom stereocenters. The van der Waals surface area contributed by atoms with E-state index < -0.39 is 22.3 Å². The first-order chi connectivity index (χ1) is 10.1. The van der Waals surface area contributed by atoms with E-state index in [0.717, 1.165) is 12.1 Å². The number of nitro groups is 1. The number of nitrogens with zero attached hydrogens (tertiary/aromatic N) is 1. The van der Waals surface area contributed by atoms with Gasteiger partial charge in [0.1, 0.15) is 5.75 Å². The lowest BCUT2D eigenvalue weighted by atomic mass is 9.97. The number of rotatable bonds is 4. The van der Waals surface area contributed by atoms with Crippen molar-refractivity contribution in [1.29, 1.82) is 0 Å². The van der Waals surface area contributed by atoms with E-state index in [0.29, 0.717) is 5.56 Å². The average molecular weight is 307 g/mol. The summed E-state index contributed by atoms with van der Waals surface area (Å²) in [5.41, 5.74) is -0.631. The van der Waals surface area contributed by atoms with Crippen LogP contribution in [0.3, 0.4) is 0 Å². The second kappa shape index (κ2) is 6.84. The molecule has 0 bridgehead atoms. The lowest BCUT2D eigenvalue weighted by Gasteiger charge is -2.17. The summed E-state index contributed by atoms with van der Waals surface area (Å²) in [6.07, 6.45) is 2.50.